The van der Waals surface area contributed by atoms with E-state index in [0.717, 1.165) is 60.6 Å². The zero-order chi connectivity index (χ0) is 37.1. The maximum atomic E-state index is 14.1. The number of benzene rings is 2. The highest BCUT2D eigenvalue weighted by atomic mass is 19.1. The second kappa shape index (κ2) is 13.6. The summed E-state index contributed by atoms with van der Waals surface area (Å²) < 4.78 is 20.5. The summed E-state index contributed by atoms with van der Waals surface area (Å²) in [4.78, 5) is 53.1. The average Bonchev–Trinajstić information content (AvgIpc) is 3.74. The van der Waals surface area contributed by atoms with Crippen LogP contribution in [0.4, 0.5) is 15.9 Å². The van der Waals surface area contributed by atoms with Gasteiger partial charge in [0.05, 0.1) is 41.6 Å². The normalized spacial score (nSPS) is 22.8. The van der Waals surface area contributed by atoms with Gasteiger partial charge >= 0.3 is 0 Å². The summed E-state index contributed by atoms with van der Waals surface area (Å²) >= 11 is 0. The first-order valence-electron chi connectivity index (χ1n) is 18.5. The van der Waals surface area contributed by atoms with Gasteiger partial charge in [-0.1, -0.05) is 18.2 Å². The number of hydrogen-bond donors (Lipinski definition) is 3. The number of phenolic OH excluding ortho intramolecular Hbond substituents is 1. The molecule has 3 N–H and O–H groups in total. The summed E-state index contributed by atoms with van der Waals surface area (Å²) in [5, 5.41) is 24.6. The molecule has 2 aromatic heterocycles. The molecule has 5 aliphatic heterocycles. The number of likely N-dealkylation sites (tertiary alicyclic amines) is 1. The number of hydrogen-bond acceptors (Lipinski definition) is 12. The largest absolute Gasteiger partial charge is 0.504 e. The third-order valence-electron chi connectivity index (χ3n) is 11.5. The van der Waals surface area contributed by atoms with Crippen molar-refractivity contribution in [2.24, 2.45) is 0 Å². The lowest BCUT2D eigenvalue weighted by atomic mass is 9.88. The minimum Gasteiger partial charge on any atom is -0.504 e. The molecule has 0 saturated carbocycles. The van der Waals surface area contributed by atoms with E-state index >= 15 is 0 Å². The predicted octanol–water partition coefficient (Wildman–Crippen LogP) is 3.68. The van der Waals surface area contributed by atoms with E-state index < -0.39 is 23.5 Å². The number of carbonyl (C=O) groups is 3. The molecule has 14 nitrogen and oxygen atoms in total. The number of imide groups is 1. The third-order valence-corrected chi connectivity index (χ3v) is 11.5. The number of aromatic hydroxyl groups is 1. The third kappa shape index (κ3) is 6.25. The van der Waals surface area contributed by atoms with Crippen LogP contribution in [0, 0.1) is 12.7 Å². The number of phenols is 1. The fourth-order valence-electron chi connectivity index (χ4n) is 8.59. The van der Waals surface area contributed by atoms with Crippen molar-refractivity contribution in [3.05, 3.63) is 82.6 Å². The smallest absolute Gasteiger partial charge is 0.255 e. The molecule has 5 aliphatic rings. The molecule has 0 radical (unpaired) electrons. The fraction of sp³-hybridized carbons (Fsp3) is 0.410. The van der Waals surface area contributed by atoms with Crippen LogP contribution in [-0.4, -0.2) is 97.2 Å². The van der Waals surface area contributed by atoms with E-state index in [1.54, 1.807) is 17.2 Å². The van der Waals surface area contributed by atoms with Gasteiger partial charge in [0, 0.05) is 43.6 Å². The van der Waals surface area contributed by atoms with E-state index in [1.165, 1.54) is 12.1 Å². The number of anilines is 2. The molecular weight excluding hydrogens is 693 g/mol. The molecular formula is C39H40FN9O5. The van der Waals surface area contributed by atoms with Crippen LogP contribution in [0.3, 0.4) is 0 Å². The van der Waals surface area contributed by atoms with Gasteiger partial charge < -0.3 is 25.0 Å². The van der Waals surface area contributed by atoms with Gasteiger partial charge in [-0.05, 0) is 80.6 Å². The van der Waals surface area contributed by atoms with Gasteiger partial charge in [-0.25, -0.2) is 14.4 Å². The SMILES string of the molecule is Cc1nc(CN2CCC(c3ccc4c(c3)C(=O)N(C3CCC(=O)NC3=O)C4)CC2)cnc1OC1CC2CNc3nnc(-c4cccc(F)c4O)cc3N2C1. The van der Waals surface area contributed by atoms with Gasteiger partial charge in [-0.2, -0.15) is 0 Å². The van der Waals surface area contributed by atoms with E-state index in [-0.39, 0.29) is 35.9 Å². The highest BCUT2D eigenvalue weighted by Crippen LogP contribution is 2.40. The van der Waals surface area contributed by atoms with Crippen LogP contribution in [0.5, 0.6) is 11.6 Å². The summed E-state index contributed by atoms with van der Waals surface area (Å²) in [7, 11) is 0. The predicted molar refractivity (Wildman–Crippen MR) is 194 cm³/mol. The number of ether oxygens (including phenoxy) is 1. The minimum atomic E-state index is -0.709. The molecule has 3 atom stereocenters. The molecule has 15 heteroatoms. The highest BCUT2D eigenvalue weighted by molar-refractivity contribution is 6.05. The summed E-state index contributed by atoms with van der Waals surface area (Å²) in [6, 6.07) is 11.9. The minimum absolute atomic E-state index is 0.130. The number of amides is 3. The monoisotopic (exact) mass is 733 g/mol. The number of aromatic nitrogens is 4. The zero-order valence-electron chi connectivity index (χ0n) is 29.8. The van der Waals surface area contributed by atoms with Gasteiger partial charge in [0.15, 0.2) is 17.4 Å². The van der Waals surface area contributed by atoms with Crippen LogP contribution in [0.25, 0.3) is 11.3 Å². The van der Waals surface area contributed by atoms with E-state index in [1.807, 2.05) is 25.1 Å². The number of carbonyl (C=O) groups excluding carboxylic acids is 3. The number of aryl methyl sites for hydroxylation is 1. The molecule has 0 spiro atoms. The summed E-state index contributed by atoms with van der Waals surface area (Å²) in [6.45, 7) is 6.04. The highest BCUT2D eigenvalue weighted by Gasteiger charge is 2.40. The van der Waals surface area contributed by atoms with Crippen molar-refractivity contribution >= 4 is 29.2 Å². The van der Waals surface area contributed by atoms with Crippen molar-refractivity contribution in [2.75, 3.05) is 36.4 Å². The van der Waals surface area contributed by atoms with Crippen molar-refractivity contribution in [3.63, 3.8) is 0 Å². The topological polar surface area (TPSA) is 166 Å². The first kappa shape index (κ1) is 34.1. The van der Waals surface area contributed by atoms with Crippen molar-refractivity contribution in [1.29, 1.82) is 0 Å². The van der Waals surface area contributed by atoms with Crippen molar-refractivity contribution in [3.8, 4) is 22.9 Å². The number of rotatable bonds is 7. The number of fused-ring (bicyclic) bond motifs is 4. The zero-order valence-corrected chi connectivity index (χ0v) is 29.8. The Kier molecular flexibility index (Phi) is 8.60. The van der Waals surface area contributed by atoms with Gasteiger partial charge in [0.25, 0.3) is 5.91 Å². The van der Waals surface area contributed by atoms with Crippen LogP contribution in [0.15, 0.2) is 48.7 Å². The first-order valence-corrected chi connectivity index (χ1v) is 18.5. The Morgan fingerprint density at radius 3 is 2.69 bits per heavy atom. The van der Waals surface area contributed by atoms with E-state index in [4.69, 9.17) is 9.72 Å². The number of para-hydroxylation sites is 1. The number of piperidine rings is 2. The Morgan fingerprint density at radius 1 is 1.02 bits per heavy atom. The van der Waals surface area contributed by atoms with Crippen LogP contribution in [0.2, 0.25) is 0 Å². The molecule has 2 aromatic carbocycles. The quantitative estimate of drug-likeness (QED) is 0.236. The molecule has 3 unspecified atom stereocenters. The Balaban J connectivity index is 0.797. The summed E-state index contributed by atoms with van der Waals surface area (Å²) in [5.74, 6) is -0.509. The number of nitrogens with zero attached hydrogens (tertiary/aromatic N) is 7. The van der Waals surface area contributed by atoms with E-state index in [0.29, 0.717) is 61.5 Å². The summed E-state index contributed by atoms with van der Waals surface area (Å²) in [6.07, 6.45) is 4.93. The van der Waals surface area contributed by atoms with Crippen molar-refractivity contribution in [2.45, 2.75) is 76.2 Å². The Hall–Kier alpha value is -5.70. The van der Waals surface area contributed by atoms with Crippen LogP contribution in [0.1, 0.15) is 70.9 Å². The maximum absolute atomic E-state index is 14.1. The molecule has 7 heterocycles. The average molecular weight is 734 g/mol. The van der Waals surface area contributed by atoms with Crippen molar-refractivity contribution in [1.82, 2.24) is 35.3 Å². The molecule has 3 fully saturated rings. The van der Waals surface area contributed by atoms with Crippen molar-refractivity contribution < 1.29 is 28.6 Å². The Morgan fingerprint density at radius 2 is 1.87 bits per heavy atom. The molecule has 278 valence electrons. The van der Waals surface area contributed by atoms with Gasteiger partial charge in [0.1, 0.15) is 12.1 Å². The maximum Gasteiger partial charge on any atom is 0.255 e. The molecule has 3 amide bonds. The Labute approximate surface area is 310 Å². The van der Waals surface area contributed by atoms with Gasteiger partial charge in [0.2, 0.25) is 17.7 Å². The van der Waals surface area contributed by atoms with Gasteiger partial charge in [-0.3, -0.25) is 24.6 Å². The Bertz CT molecular complexity index is 2180. The fourth-order valence-corrected chi connectivity index (χ4v) is 8.59. The van der Waals surface area contributed by atoms with Crippen LogP contribution in [-0.2, 0) is 22.7 Å². The molecule has 54 heavy (non-hydrogen) atoms. The van der Waals surface area contributed by atoms with E-state index in [2.05, 4.69) is 41.7 Å². The lowest BCUT2D eigenvalue weighted by Crippen LogP contribution is -2.52. The van der Waals surface area contributed by atoms with E-state index in [9.17, 15) is 23.9 Å². The van der Waals surface area contributed by atoms with Crippen LogP contribution >= 0.6 is 0 Å². The lowest BCUT2D eigenvalue weighted by Gasteiger charge is -2.33. The standard InChI is InChI=1S/C39H40FN9O5/c1-21-38(54-27-14-26-17-41-36-33(48(26)20-27)15-31(45-46-36)28-3-2-4-30(40)35(28)51)42-16-25(43-21)19-47-11-9-22(10-12-47)23-5-6-24-18-49(39(53)29(24)13-23)32-7-8-34(50)44-37(32)52/h2-6,13,15-16,22,26-27,32,51H,7-12,14,17-20H2,1H3,(H,41,46)(H,44,50,52). The van der Waals surface area contributed by atoms with Gasteiger partial charge in [-0.15, -0.1) is 10.2 Å². The summed E-state index contributed by atoms with van der Waals surface area (Å²) in [5.41, 5.74) is 5.84. The number of halogens is 1. The molecule has 0 bridgehead atoms. The lowest BCUT2D eigenvalue weighted by molar-refractivity contribution is -0.136. The first-order chi connectivity index (χ1) is 26.2. The van der Waals surface area contributed by atoms with Crippen LogP contribution < -0.4 is 20.3 Å². The molecule has 4 aromatic rings. The number of nitrogens with one attached hydrogen (secondary N) is 2. The molecule has 9 rings (SSSR count). The second-order valence-electron chi connectivity index (χ2n) is 14.9. The molecule has 3 saturated heterocycles. The second-order valence-corrected chi connectivity index (χ2v) is 14.9. The molecule has 0 aliphatic carbocycles.